The fourth-order valence-electron chi connectivity index (χ4n) is 1.85. The number of methoxy groups -OCH3 is 1. The van der Waals surface area contributed by atoms with Crippen molar-refractivity contribution >= 4 is 11.9 Å². The maximum absolute atomic E-state index is 12.1. The van der Waals surface area contributed by atoms with Crippen LogP contribution in [0.25, 0.3) is 0 Å². The van der Waals surface area contributed by atoms with Gasteiger partial charge < -0.3 is 19.6 Å². The highest BCUT2D eigenvalue weighted by molar-refractivity contribution is 5.76. The van der Waals surface area contributed by atoms with Crippen molar-refractivity contribution in [3.63, 3.8) is 0 Å². The summed E-state index contributed by atoms with van der Waals surface area (Å²) in [7, 11) is 5.63. The molecule has 0 saturated carbocycles. The van der Waals surface area contributed by atoms with E-state index in [-0.39, 0.29) is 12.3 Å². The minimum Gasteiger partial charge on any atom is -0.481 e. The Balaban J connectivity index is 4.02. The molecule has 0 aliphatic carbocycles. The number of carbonyl (C=O) groups excluding carboxylic acids is 1. The minimum absolute atomic E-state index is 0.0891. The number of hydrogen-bond acceptors (Lipinski definition) is 4. The maximum atomic E-state index is 12.1. The number of rotatable bonds is 12. The molecule has 0 fully saturated rings. The predicted molar refractivity (Wildman–Crippen MR) is 77.7 cm³/mol. The summed E-state index contributed by atoms with van der Waals surface area (Å²) in [5.41, 5.74) is 0. The molecule has 6 heteroatoms. The summed E-state index contributed by atoms with van der Waals surface area (Å²) in [5.74, 6) is -0.717. The topological polar surface area (TPSA) is 70.1 Å². The maximum Gasteiger partial charge on any atom is 0.303 e. The van der Waals surface area contributed by atoms with Gasteiger partial charge in [0, 0.05) is 33.0 Å². The van der Waals surface area contributed by atoms with Crippen LogP contribution in [0.5, 0.6) is 0 Å². The molecule has 0 unspecified atom stereocenters. The second kappa shape index (κ2) is 11.7. The molecule has 0 rings (SSSR count). The molecular weight excluding hydrogens is 260 g/mol. The Labute approximate surface area is 121 Å². The van der Waals surface area contributed by atoms with Crippen LogP contribution in [0, 0.1) is 0 Å². The van der Waals surface area contributed by atoms with Gasteiger partial charge in [-0.3, -0.25) is 9.59 Å². The van der Waals surface area contributed by atoms with Gasteiger partial charge in [-0.1, -0.05) is 0 Å². The van der Waals surface area contributed by atoms with Gasteiger partial charge in [0.25, 0.3) is 0 Å². The van der Waals surface area contributed by atoms with Crippen molar-refractivity contribution in [3.05, 3.63) is 0 Å². The van der Waals surface area contributed by atoms with Gasteiger partial charge in [-0.2, -0.15) is 0 Å². The first kappa shape index (κ1) is 18.9. The Morgan fingerprint density at radius 2 is 1.65 bits per heavy atom. The van der Waals surface area contributed by atoms with Crippen molar-refractivity contribution < 1.29 is 19.4 Å². The highest BCUT2D eigenvalue weighted by Gasteiger charge is 2.13. The van der Waals surface area contributed by atoms with Crippen LogP contribution >= 0.6 is 0 Å². The van der Waals surface area contributed by atoms with Gasteiger partial charge in [-0.05, 0) is 39.9 Å². The number of carbonyl (C=O) groups is 2. The number of amides is 1. The van der Waals surface area contributed by atoms with Crippen LogP contribution in [0.1, 0.15) is 32.1 Å². The first-order valence-corrected chi connectivity index (χ1v) is 7.10. The normalized spacial score (nSPS) is 10.8. The number of unbranched alkanes of at least 4 members (excludes halogenated alkanes) is 1. The van der Waals surface area contributed by atoms with Crippen LogP contribution in [0.4, 0.5) is 0 Å². The summed E-state index contributed by atoms with van der Waals surface area (Å²) < 4.78 is 5.02. The molecule has 0 heterocycles. The van der Waals surface area contributed by atoms with E-state index in [0.29, 0.717) is 32.4 Å². The van der Waals surface area contributed by atoms with E-state index in [9.17, 15) is 9.59 Å². The van der Waals surface area contributed by atoms with E-state index in [1.165, 1.54) is 0 Å². The van der Waals surface area contributed by atoms with Crippen molar-refractivity contribution in [3.8, 4) is 0 Å². The van der Waals surface area contributed by atoms with Crippen molar-refractivity contribution in [2.75, 3.05) is 47.4 Å². The molecule has 0 aromatic rings. The van der Waals surface area contributed by atoms with Crippen molar-refractivity contribution in [1.82, 2.24) is 9.80 Å². The smallest absolute Gasteiger partial charge is 0.303 e. The summed E-state index contributed by atoms with van der Waals surface area (Å²) >= 11 is 0. The lowest BCUT2D eigenvalue weighted by molar-refractivity contribution is -0.137. The monoisotopic (exact) mass is 288 g/mol. The molecule has 1 N–H and O–H groups in total. The van der Waals surface area contributed by atoms with Crippen molar-refractivity contribution in [2.24, 2.45) is 0 Å². The molecule has 0 aliphatic rings. The van der Waals surface area contributed by atoms with E-state index >= 15 is 0 Å². The molecule has 0 atom stereocenters. The SMILES string of the molecule is COCCN(CCCN(C)C)C(=O)CCCCC(=O)O. The number of carboxylic acid groups (broad SMARTS) is 1. The number of ether oxygens (including phenoxy) is 1. The molecule has 118 valence electrons. The Hall–Kier alpha value is -1.14. The highest BCUT2D eigenvalue weighted by atomic mass is 16.5. The summed E-state index contributed by atoms with van der Waals surface area (Å²) in [4.78, 5) is 26.4. The number of carboxylic acids is 1. The van der Waals surface area contributed by atoms with Gasteiger partial charge in [-0.25, -0.2) is 0 Å². The van der Waals surface area contributed by atoms with Crippen LogP contribution < -0.4 is 0 Å². The van der Waals surface area contributed by atoms with E-state index in [0.717, 1.165) is 19.5 Å². The molecule has 0 bridgehead atoms. The minimum atomic E-state index is -0.806. The van der Waals surface area contributed by atoms with Gasteiger partial charge in [-0.15, -0.1) is 0 Å². The number of hydrogen-bond donors (Lipinski definition) is 1. The fraction of sp³-hybridized carbons (Fsp3) is 0.857. The lowest BCUT2D eigenvalue weighted by Crippen LogP contribution is -2.35. The molecule has 20 heavy (non-hydrogen) atoms. The quantitative estimate of drug-likeness (QED) is 0.544. The molecule has 6 nitrogen and oxygen atoms in total. The van der Waals surface area contributed by atoms with E-state index in [1.807, 2.05) is 19.0 Å². The number of aliphatic carboxylic acids is 1. The molecule has 0 aromatic carbocycles. The predicted octanol–water partition coefficient (Wildman–Crippen LogP) is 1.06. The zero-order chi connectivity index (χ0) is 15.4. The summed E-state index contributed by atoms with van der Waals surface area (Å²) in [6, 6.07) is 0. The Morgan fingerprint density at radius 3 is 2.20 bits per heavy atom. The van der Waals surface area contributed by atoms with Crippen LogP contribution in [0.2, 0.25) is 0 Å². The third-order valence-corrected chi connectivity index (χ3v) is 2.98. The van der Waals surface area contributed by atoms with Crippen LogP contribution in [0.15, 0.2) is 0 Å². The summed E-state index contributed by atoms with van der Waals surface area (Å²) in [6.45, 7) is 2.79. The summed E-state index contributed by atoms with van der Waals surface area (Å²) in [6.07, 6.45) is 2.65. The third-order valence-electron chi connectivity index (χ3n) is 2.98. The lowest BCUT2D eigenvalue weighted by Gasteiger charge is -2.23. The molecule has 0 aromatic heterocycles. The summed E-state index contributed by atoms with van der Waals surface area (Å²) in [5, 5.41) is 8.56. The molecule has 1 amide bonds. The largest absolute Gasteiger partial charge is 0.481 e. The van der Waals surface area contributed by atoms with E-state index < -0.39 is 5.97 Å². The molecule has 0 radical (unpaired) electrons. The first-order valence-electron chi connectivity index (χ1n) is 7.10. The second-order valence-corrected chi connectivity index (χ2v) is 5.13. The third kappa shape index (κ3) is 10.8. The van der Waals surface area contributed by atoms with Crippen LogP contribution in [0.3, 0.4) is 0 Å². The standard InChI is InChI=1S/C14H28N2O4/c1-15(2)9-6-10-16(11-12-20-3)13(17)7-4-5-8-14(18)19/h4-12H2,1-3H3,(H,18,19). The van der Waals surface area contributed by atoms with Crippen LogP contribution in [-0.4, -0.2) is 74.2 Å². The van der Waals surface area contributed by atoms with Gasteiger partial charge in [0.2, 0.25) is 5.91 Å². The zero-order valence-electron chi connectivity index (χ0n) is 12.9. The highest BCUT2D eigenvalue weighted by Crippen LogP contribution is 2.05. The fourth-order valence-corrected chi connectivity index (χ4v) is 1.85. The molecule has 0 spiro atoms. The van der Waals surface area contributed by atoms with E-state index in [2.05, 4.69) is 4.90 Å². The van der Waals surface area contributed by atoms with Gasteiger partial charge in [0.15, 0.2) is 0 Å². The van der Waals surface area contributed by atoms with Gasteiger partial charge >= 0.3 is 5.97 Å². The second-order valence-electron chi connectivity index (χ2n) is 5.13. The zero-order valence-corrected chi connectivity index (χ0v) is 12.9. The molecule has 0 aliphatic heterocycles. The Bertz CT molecular complexity index is 282. The van der Waals surface area contributed by atoms with Gasteiger partial charge in [0.05, 0.1) is 6.61 Å². The van der Waals surface area contributed by atoms with Crippen LogP contribution in [-0.2, 0) is 14.3 Å². The average Bonchev–Trinajstić information content (AvgIpc) is 2.37. The lowest BCUT2D eigenvalue weighted by atomic mass is 10.1. The van der Waals surface area contributed by atoms with E-state index in [1.54, 1.807) is 7.11 Å². The van der Waals surface area contributed by atoms with Gasteiger partial charge in [0.1, 0.15) is 0 Å². The molecular formula is C14H28N2O4. The van der Waals surface area contributed by atoms with Crippen molar-refractivity contribution in [2.45, 2.75) is 32.1 Å². The average molecular weight is 288 g/mol. The Morgan fingerprint density at radius 1 is 1.00 bits per heavy atom. The van der Waals surface area contributed by atoms with Crippen molar-refractivity contribution in [1.29, 1.82) is 0 Å². The first-order chi connectivity index (χ1) is 9.47. The Kier molecular flexibility index (Phi) is 11.0. The number of nitrogens with zero attached hydrogens (tertiary/aromatic N) is 2. The molecule has 0 saturated heterocycles. The van der Waals surface area contributed by atoms with E-state index in [4.69, 9.17) is 9.84 Å².